The summed E-state index contributed by atoms with van der Waals surface area (Å²) in [7, 11) is 1.38. The largest absolute Gasteiger partial charge is 0.465 e. The number of hydrogen-bond acceptors (Lipinski definition) is 4. The third kappa shape index (κ3) is 5.18. The number of fused-ring (bicyclic) bond motifs is 1. The SMILES string of the molecule is COC(=O)c1ccc(CCCc2ccc(NC(=O)c3c(N)[nH]c4ccc(Cl)cc34)cc2)cc1. The smallest absolute Gasteiger partial charge is 0.337 e. The first kappa shape index (κ1) is 22.4. The fourth-order valence-corrected chi connectivity index (χ4v) is 3.97. The molecule has 0 saturated heterocycles. The molecule has 0 atom stereocenters. The summed E-state index contributed by atoms with van der Waals surface area (Å²) in [5, 5.41) is 4.13. The summed E-state index contributed by atoms with van der Waals surface area (Å²) >= 11 is 6.08. The highest BCUT2D eigenvalue weighted by Gasteiger charge is 2.17. The van der Waals surface area contributed by atoms with Crippen molar-refractivity contribution in [2.24, 2.45) is 0 Å². The van der Waals surface area contributed by atoms with Gasteiger partial charge in [0.1, 0.15) is 5.82 Å². The molecule has 0 aliphatic heterocycles. The van der Waals surface area contributed by atoms with E-state index in [-0.39, 0.29) is 11.9 Å². The Kier molecular flexibility index (Phi) is 6.66. The lowest BCUT2D eigenvalue weighted by Gasteiger charge is -2.08. The maximum absolute atomic E-state index is 12.8. The lowest BCUT2D eigenvalue weighted by molar-refractivity contribution is 0.0600. The van der Waals surface area contributed by atoms with Gasteiger partial charge in [0.2, 0.25) is 0 Å². The van der Waals surface area contributed by atoms with E-state index in [0.29, 0.717) is 33.0 Å². The van der Waals surface area contributed by atoms with Gasteiger partial charge in [-0.15, -0.1) is 0 Å². The van der Waals surface area contributed by atoms with Crippen LogP contribution in [0.2, 0.25) is 5.02 Å². The summed E-state index contributed by atoms with van der Waals surface area (Å²) < 4.78 is 4.72. The zero-order valence-electron chi connectivity index (χ0n) is 18.2. The maximum Gasteiger partial charge on any atom is 0.337 e. The third-order valence-corrected chi connectivity index (χ3v) is 5.77. The van der Waals surface area contributed by atoms with E-state index in [1.54, 1.807) is 30.3 Å². The fraction of sp³-hybridized carbons (Fsp3) is 0.154. The van der Waals surface area contributed by atoms with Gasteiger partial charge in [-0.1, -0.05) is 35.9 Å². The average molecular weight is 462 g/mol. The van der Waals surface area contributed by atoms with E-state index >= 15 is 0 Å². The van der Waals surface area contributed by atoms with Crippen molar-refractivity contribution in [3.8, 4) is 0 Å². The van der Waals surface area contributed by atoms with Crippen molar-refractivity contribution in [3.63, 3.8) is 0 Å². The number of methoxy groups -OCH3 is 1. The normalized spacial score (nSPS) is 10.8. The predicted octanol–water partition coefficient (Wildman–Crippen LogP) is 5.62. The van der Waals surface area contributed by atoms with Gasteiger partial charge in [-0.2, -0.15) is 0 Å². The zero-order valence-corrected chi connectivity index (χ0v) is 18.9. The van der Waals surface area contributed by atoms with Crippen LogP contribution in [0.15, 0.2) is 66.7 Å². The van der Waals surface area contributed by atoms with Gasteiger partial charge >= 0.3 is 5.97 Å². The van der Waals surface area contributed by atoms with Crippen molar-refractivity contribution in [1.82, 2.24) is 4.98 Å². The number of carbonyl (C=O) groups is 2. The Morgan fingerprint density at radius 2 is 1.61 bits per heavy atom. The number of amides is 1. The Hall–Kier alpha value is -3.77. The lowest BCUT2D eigenvalue weighted by atomic mass is 10.0. The molecule has 0 saturated carbocycles. The summed E-state index contributed by atoms with van der Waals surface area (Å²) in [6.45, 7) is 0. The summed E-state index contributed by atoms with van der Waals surface area (Å²) in [4.78, 5) is 27.4. The molecular formula is C26H24ClN3O3. The van der Waals surface area contributed by atoms with Crippen LogP contribution in [-0.4, -0.2) is 24.0 Å². The van der Waals surface area contributed by atoms with Crippen LogP contribution < -0.4 is 11.1 Å². The molecule has 0 spiro atoms. The van der Waals surface area contributed by atoms with Crippen molar-refractivity contribution < 1.29 is 14.3 Å². The van der Waals surface area contributed by atoms with Crippen LogP contribution in [0.3, 0.4) is 0 Å². The van der Waals surface area contributed by atoms with Crippen LogP contribution in [0.25, 0.3) is 10.9 Å². The molecular weight excluding hydrogens is 438 g/mol. The predicted molar refractivity (Wildman–Crippen MR) is 132 cm³/mol. The third-order valence-electron chi connectivity index (χ3n) is 5.53. The number of anilines is 2. The van der Waals surface area contributed by atoms with Crippen molar-refractivity contribution in [3.05, 3.63) is 94.0 Å². The minimum absolute atomic E-state index is 0.288. The molecule has 0 radical (unpaired) electrons. The average Bonchev–Trinajstić information content (AvgIpc) is 3.15. The summed E-state index contributed by atoms with van der Waals surface area (Å²) in [6.07, 6.45) is 2.78. The van der Waals surface area contributed by atoms with E-state index in [1.807, 2.05) is 36.4 Å². The fourth-order valence-electron chi connectivity index (χ4n) is 3.80. The first-order valence-electron chi connectivity index (χ1n) is 10.6. The Morgan fingerprint density at radius 1 is 0.970 bits per heavy atom. The molecule has 6 nitrogen and oxygen atoms in total. The number of esters is 1. The summed E-state index contributed by atoms with van der Waals surface area (Å²) in [5.41, 5.74) is 10.8. The number of hydrogen-bond donors (Lipinski definition) is 3. The molecule has 33 heavy (non-hydrogen) atoms. The van der Waals surface area contributed by atoms with Crippen molar-refractivity contribution in [2.45, 2.75) is 19.3 Å². The summed E-state index contributed by atoms with van der Waals surface area (Å²) in [6, 6.07) is 20.5. The van der Waals surface area contributed by atoms with Crippen LogP contribution in [0.1, 0.15) is 38.3 Å². The number of rotatable bonds is 7. The number of benzene rings is 3. The monoisotopic (exact) mass is 461 g/mol. The molecule has 4 rings (SSSR count). The number of halogens is 1. The van der Waals surface area contributed by atoms with E-state index in [0.717, 1.165) is 24.8 Å². The minimum Gasteiger partial charge on any atom is -0.465 e. The first-order chi connectivity index (χ1) is 15.9. The molecule has 0 aliphatic carbocycles. The maximum atomic E-state index is 12.8. The summed E-state index contributed by atoms with van der Waals surface area (Å²) in [5.74, 6) is -0.310. The minimum atomic E-state index is -0.329. The second-order valence-electron chi connectivity index (χ2n) is 7.80. The van der Waals surface area contributed by atoms with Gasteiger partial charge in [-0.3, -0.25) is 4.79 Å². The second kappa shape index (κ2) is 9.79. The van der Waals surface area contributed by atoms with Crippen LogP contribution in [-0.2, 0) is 17.6 Å². The molecule has 0 aliphatic rings. The number of nitrogens with one attached hydrogen (secondary N) is 2. The molecule has 0 fully saturated rings. The van der Waals surface area contributed by atoms with Gasteiger partial charge in [-0.05, 0) is 72.9 Å². The van der Waals surface area contributed by atoms with Gasteiger partial charge in [0.05, 0.1) is 18.2 Å². The van der Waals surface area contributed by atoms with E-state index in [4.69, 9.17) is 22.1 Å². The number of aromatic nitrogens is 1. The van der Waals surface area contributed by atoms with Gasteiger partial charge in [0.15, 0.2) is 0 Å². The van der Waals surface area contributed by atoms with Crippen molar-refractivity contribution in [2.75, 3.05) is 18.2 Å². The number of aromatic amines is 1. The molecule has 168 valence electrons. The Morgan fingerprint density at radius 3 is 2.24 bits per heavy atom. The highest BCUT2D eigenvalue weighted by atomic mass is 35.5. The number of nitrogen functional groups attached to an aromatic ring is 1. The number of nitrogens with two attached hydrogens (primary N) is 1. The molecule has 4 aromatic rings. The van der Waals surface area contributed by atoms with Crippen LogP contribution in [0, 0.1) is 0 Å². The van der Waals surface area contributed by atoms with Crippen molar-refractivity contribution in [1.29, 1.82) is 0 Å². The van der Waals surface area contributed by atoms with Gasteiger partial charge in [0, 0.05) is 21.6 Å². The number of carbonyl (C=O) groups excluding carboxylic acids is 2. The molecule has 1 heterocycles. The quantitative estimate of drug-likeness (QED) is 0.311. The highest BCUT2D eigenvalue weighted by molar-refractivity contribution is 6.31. The van der Waals surface area contributed by atoms with Gasteiger partial charge in [-0.25, -0.2) is 4.79 Å². The standard InChI is InChI=1S/C26H24ClN3O3/c1-33-26(32)18-9-5-16(6-10-18)3-2-4-17-7-12-20(13-8-17)29-25(31)23-21-15-19(27)11-14-22(21)30-24(23)28/h5-15,30H,2-4,28H2,1H3,(H,29,31). The number of ether oxygens (including phenoxy) is 1. The Bertz CT molecular complexity index is 1300. The van der Waals surface area contributed by atoms with Gasteiger partial charge in [0.25, 0.3) is 5.91 Å². The van der Waals surface area contributed by atoms with E-state index < -0.39 is 0 Å². The second-order valence-corrected chi connectivity index (χ2v) is 8.23. The van der Waals surface area contributed by atoms with Gasteiger partial charge < -0.3 is 20.8 Å². The molecule has 0 unspecified atom stereocenters. The molecule has 7 heteroatoms. The molecule has 3 aromatic carbocycles. The number of aryl methyl sites for hydroxylation is 2. The van der Waals surface area contributed by atoms with E-state index in [9.17, 15) is 9.59 Å². The van der Waals surface area contributed by atoms with Crippen LogP contribution >= 0.6 is 11.6 Å². The Balaban J connectivity index is 1.34. The lowest BCUT2D eigenvalue weighted by Crippen LogP contribution is -2.13. The van der Waals surface area contributed by atoms with Crippen LogP contribution in [0.4, 0.5) is 11.5 Å². The molecule has 1 amide bonds. The van der Waals surface area contributed by atoms with Crippen LogP contribution in [0.5, 0.6) is 0 Å². The zero-order chi connectivity index (χ0) is 23.4. The number of H-pyrrole nitrogens is 1. The molecule has 4 N–H and O–H groups in total. The topological polar surface area (TPSA) is 97.2 Å². The molecule has 0 bridgehead atoms. The van der Waals surface area contributed by atoms with E-state index in [2.05, 4.69) is 10.3 Å². The Labute approximate surface area is 196 Å². The highest BCUT2D eigenvalue weighted by Crippen LogP contribution is 2.28. The molecule has 1 aromatic heterocycles. The first-order valence-corrected chi connectivity index (χ1v) is 11.0. The van der Waals surface area contributed by atoms with Crippen molar-refractivity contribution >= 4 is 45.9 Å². The van der Waals surface area contributed by atoms with E-state index in [1.165, 1.54) is 18.2 Å².